The minimum atomic E-state index is -0.181. The highest BCUT2D eigenvalue weighted by atomic mass is 32.2. The van der Waals surface area contributed by atoms with Crippen molar-refractivity contribution in [3.8, 4) is 0 Å². The molecule has 1 atom stereocenters. The molecule has 1 fully saturated rings. The molecule has 19 heavy (non-hydrogen) atoms. The largest absolute Gasteiger partial charge is 0.362 e. The van der Waals surface area contributed by atoms with E-state index in [1.54, 1.807) is 11.8 Å². The molecule has 1 N–H and O–H groups in total. The number of benzene rings is 1. The Morgan fingerprint density at radius 3 is 2.79 bits per heavy atom. The Bertz CT molecular complexity index is 428. The SMILES string of the molecule is CC(C)C1CCSC(=NCCc2ccc(F)cc2)N1. The van der Waals surface area contributed by atoms with Crippen molar-refractivity contribution in [2.24, 2.45) is 10.9 Å². The lowest BCUT2D eigenvalue weighted by molar-refractivity contribution is 0.442. The van der Waals surface area contributed by atoms with Crippen LogP contribution in [0.2, 0.25) is 0 Å². The van der Waals surface area contributed by atoms with Gasteiger partial charge in [-0.15, -0.1) is 0 Å². The van der Waals surface area contributed by atoms with E-state index in [0.717, 1.165) is 29.4 Å². The molecule has 0 bridgehead atoms. The fourth-order valence-electron chi connectivity index (χ4n) is 2.08. The van der Waals surface area contributed by atoms with Crippen molar-refractivity contribution in [2.75, 3.05) is 12.3 Å². The summed E-state index contributed by atoms with van der Waals surface area (Å²) in [5.74, 6) is 1.60. The minimum Gasteiger partial charge on any atom is -0.362 e. The third-order valence-corrected chi connectivity index (χ3v) is 4.31. The second kappa shape index (κ2) is 6.94. The van der Waals surface area contributed by atoms with Crippen molar-refractivity contribution < 1.29 is 4.39 Å². The monoisotopic (exact) mass is 280 g/mol. The van der Waals surface area contributed by atoms with E-state index in [2.05, 4.69) is 24.2 Å². The van der Waals surface area contributed by atoms with Crippen LogP contribution in [-0.4, -0.2) is 23.5 Å². The lowest BCUT2D eigenvalue weighted by Crippen LogP contribution is -2.41. The van der Waals surface area contributed by atoms with Crippen molar-refractivity contribution >= 4 is 16.9 Å². The third kappa shape index (κ3) is 4.53. The quantitative estimate of drug-likeness (QED) is 0.913. The molecule has 2 rings (SSSR count). The maximum Gasteiger partial charge on any atom is 0.156 e. The molecule has 1 unspecified atom stereocenters. The molecule has 0 spiro atoms. The number of nitrogens with one attached hydrogen (secondary N) is 1. The van der Waals surface area contributed by atoms with E-state index in [1.807, 2.05) is 12.1 Å². The molecule has 0 radical (unpaired) electrons. The highest BCUT2D eigenvalue weighted by Crippen LogP contribution is 2.18. The maximum absolute atomic E-state index is 12.8. The van der Waals surface area contributed by atoms with E-state index < -0.39 is 0 Å². The first-order valence-corrected chi connectivity index (χ1v) is 7.82. The number of rotatable bonds is 4. The number of thioether (sulfide) groups is 1. The Morgan fingerprint density at radius 1 is 1.37 bits per heavy atom. The van der Waals surface area contributed by atoms with Crippen molar-refractivity contribution in [1.82, 2.24) is 5.32 Å². The summed E-state index contributed by atoms with van der Waals surface area (Å²) < 4.78 is 12.8. The summed E-state index contributed by atoms with van der Waals surface area (Å²) in [5.41, 5.74) is 1.13. The van der Waals surface area contributed by atoms with E-state index in [-0.39, 0.29) is 5.82 Å². The molecule has 0 amide bonds. The van der Waals surface area contributed by atoms with Crippen LogP contribution in [0.3, 0.4) is 0 Å². The van der Waals surface area contributed by atoms with Crippen LogP contribution in [0.4, 0.5) is 4.39 Å². The van der Waals surface area contributed by atoms with Crippen LogP contribution in [0.1, 0.15) is 25.8 Å². The van der Waals surface area contributed by atoms with E-state index >= 15 is 0 Å². The Kier molecular flexibility index (Phi) is 5.25. The van der Waals surface area contributed by atoms with Gasteiger partial charge in [-0.25, -0.2) is 4.39 Å². The summed E-state index contributed by atoms with van der Waals surface area (Å²) in [6.45, 7) is 5.24. The molecule has 1 aromatic carbocycles. The van der Waals surface area contributed by atoms with Gasteiger partial charge in [0.05, 0.1) is 0 Å². The van der Waals surface area contributed by atoms with E-state index in [4.69, 9.17) is 0 Å². The molecule has 1 aromatic rings. The van der Waals surface area contributed by atoms with Gasteiger partial charge >= 0.3 is 0 Å². The van der Waals surface area contributed by atoms with Gasteiger partial charge in [-0.2, -0.15) is 0 Å². The topological polar surface area (TPSA) is 24.4 Å². The summed E-state index contributed by atoms with van der Waals surface area (Å²) in [6.07, 6.45) is 2.07. The summed E-state index contributed by atoms with van der Waals surface area (Å²) in [4.78, 5) is 4.61. The molecule has 1 aliphatic heterocycles. The predicted octanol–water partition coefficient (Wildman–Crippen LogP) is 3.48. The molecule has 0 aromatic heterocycles. The average Bonchev–Trinajstić information content (AvgIpc) is 2.41. The van der Waals surface area contributed by atoms with Crippen LogP contribution in [0.25, 0.3) is 0 Å². The van der Waals surface area contributed by atoms with Crippen LogP contribution >= 0.6 is 11.8 Å². The van der Waals surface area contributed by atoms with Crippen LogP contribution in [0, 0.1) is 11.7 Å². The number of halogens is 1. The van der Waals surface area contributed by atoms with E-state index in [0.29, 0.717) is 12.0 Å². The zero-order chi connectivity index (χ0) is 13.7. The van der Waals surface area contributed by atoms with Crippen LogP contribution in [0.15, 0.2) is 29.3 Å². The zero-order valence-electron chi connectivity index (χ0n) is 11.5. The highest BCUT2D eigenvalue weighted by molar-refractivity contribution is 8.13. The lowest BCUT2D eigenvalue weighted by Gasteiger charge is -2.28. The van der Waals surface area contributed by atoms with E-state index in [1.165, 1.54) is 18.6 Å². The van der Waals surface area contributed by atoms with Crippen molar-refractivity contribution in [3.63, 3.8) is 0 Å². The van der Waals surface area contributed by atoms with Crippen molar-refractivity contribution in [2.45, 2.75) is 32.7 Å². The second-order valence-corrected chi connectivity index (χ2v) is 6.28. The molecule has 104 valence electrons. The Balaban J connectivity index is 1.83. The van der Waals surface area contributed by atoms with Gasteiger partial charge in [-0.1, -0.05) is 37.7 Å². The Hall–Kier alpha value is -1.03. The summed E-state index contributed by atoms with van der Waals surface area (Å²) >= 11 is 1.80. The molecule has 1 heterocycles. The van der Waals surface area contributed by atoms with Gasteiger partial charge in [-0.05, 0) is 36.5 Å². The average molecular weight is 280 g/mol. The second-order valence-electron chi connectivity index (χ2n) is 5.20. The number of amidine groups is 1. The molecular formula is C15H21FN2S. The number of nitrogens with zero attached hydrogens (tertiary/aromatic N) is 1. The van der Waals surface area contributed by atoms with Gasteiger partial charge in [-0.3, -0.25) is 4.99 Å². The van der Waals surface area contributed by atoms with Gasteiger partial charge in [0.2, 0.25) is 0 Å². The van der Waals surface area contributed by atoms with Crippen molar-refractivity contribution in [1.29, 1.82) is 0 Å². The predicted molar refractivity (Wildman–Crippen MR) is 81.2 cm³/mol. The lowest BCUT2D eigenvalue weighted by atomic mass is 10.0. The summed E-state index contributed by atoms with van der Waals surface area (Å²) in [6, 6.07) is 7.21. The van der Waals surface area contributed by atoms with Gasteiger partial charge in [0, 0.05) is 18.3 Å². The third-order valence-electron chi connectivity index (χ3n) is 3.35. The summed E-state index contributed by atoms with van der Waals surface area (Å²) in [5, 5.41) is 4.56. The normalized spacial score (nSPS) is 21.7. The Labute approximate surface area is 118 Å². The fraction of sp³-hybridized carbons (Fsp3) is 0.533. The van der Waals surface area contributed by atoms with Gasteiger partial charge in [0.1, 0.15) is 5.82 Å². The molecule has 4 heteroatoms. The first kappa shape index (κ1) is 14.4. The maximum atomic E-state index is 12.8. The number of aliphatic imine (C=N–C) groups is 1. The zero-order valence-corrected chi connectivity index (χ0v) is 12.3. The van der Waals surface area contributed by atoms with Gasteiger partial charge < -0.3 is 5.32 Å². The molecule has 0 aliphatic carbocycles. The smallest absolute Gasteiger partial charge is 0.156 e. The van der Waals surface area contributed by atoms with Crippen molar-refractivity contribution in [3.05, 3.63) is 35.6 Å². The van der Waals surface area contributed by atoms with Gasteiger partial charge in [0.25, 0.3) is 0 Å². The first-order chi connectivity index (χ1) is 9.15. The molecule has 0 saturated carbocycles. The van der Waals surface area contributed by atoms with Crippen LogP contribution in [-0.2, 0) is 6.42 Å². The Morgan fingerprint density at radius 2 is 2.11 bits per heavy atom. The summed E-state index contributed by atoms with van der Waals surface area (Å²) in [7, 11) is 0. The number of hydrogen-bond acceptors (Lipinski definition) is 2. The molecule has 1 saturated heterocycles. The minimum absolute atomic E-state index is 0.181. The van der Waals surface area contributed by atoms with Crippen LogP contribution < -0.4 is 5.32 Å². The first-order valence-electron chi connectivity index (χ1n) is 6.83. The van der Waals surface area contributed by atoms with Crippen LogP contribution in [0.5, 0.6) is 0 Å². The highest BCUT2D eigenvalue weighted by Gasteiger charge is 2.19. The molecular weight excluding hydrogens is 259 g/mol. The molecule has 1 aliphatic rings. The number of hydrogen-bond donors (Lipinski definition) is 1. The molecule has 2 nitrogen and oxygen atoms in total. The fourth-order valence-corrected chi connectivity index (χ4v) is 3.07. The standard InChI is InChI=1S/C15H21FN2S/c1-11(2)14-8-10-19-15(18-14)17-9-7-12-3-5-13(16)6-4-12/h3-6,11,14H,7-10H2,1-2H3,(H,17,18). The van der Waals surface area contributed by atoms with Gasteiger partial charge in [0.15, 0.2) is 5.17 Å². The van der Waals surface area contributed by atoms with E-state index in [9.17, 15) is 4.39 Å².